The van der Waals surface area contributed by atoms with Crippen molar-refractivity contribution in [3.05, 3.63) is 23.9 Å². The molecule has 2 unspecified atom stereocenters. The van der Waals surface area contributed by atoms with Crippen molar-refractivity contribution in [2.45, 2.75) is 38.8 Å². The fourth-order valence-corrected chi connectivity index (χ4v) is 2.41. The molecule has 0 saturated carbocycles. The first-order valence-corrected chi connectivity index (χ1v) is 6.68. The van der Waals surface area contributed by atoms with E-state index in [0.717, 1.165) is 25.3 Å². The van der Waals surface area contributed by atoms with E-state index in [1.807, 2.05) is 19.2 Å². The molecule has 0 amide bonds. The minimum absolute atomic E-state index is 0.332. The van der Waals surface area contributed by atoms with Crippen LogP contribution in [0.5, 0.6) is 0 Å². The van der Waals surface area contributed by atoms with Gasteiger partial charge in [0.15, 0.2) is 0 Å². The van der Waals surface area contributed by atoms with Crippen molar-refractivity contribution in [1.29, 1.82) is 0 Å². The lowest BCUT2D eigenvalue weighted by Gasteiger charge is -2.20. The standard InChI is InChI=1S/C14H23N3O/c1-4-15-11(2)12-5-6-13(16-9-12)17-8-7-14(3,18)10-17/h5-6,9,11,15,18H,4,7-8,10H2,1-3H3. The van der Waals surface area contributed by atoms with Crippen LogP contribution in [0.3, 0.4) is 0 Å². The Bertz CT molecular complexity index is 389. The molecule has 0 aromatic carbocycles. The third kappa shape index (κ3) is 3.00. The minimum atomic E-state index is -0.572. The zero-order valence-corrected chi connectivity index (χ0v) is 11.5. The first-order valence-electron chi connectivity index (χ1n) is 6.68. The molecule has 1 aromatic heterocycles. The Hall–Kier alpha value is -1.13. The zero-order valence-electron chi connectivity index (χ0n) is 11.5. The summed E-state index contributed by atoms with van der Waals surface area (Å²) in [6.45, 7) is 8.63. The first-order chi connectivity index (χ1) is 8.52. The van der Waals surface area contributed by atoms with Crippen molar-refractivity contribution in [2.24, 2.45) is 0 Å². The molecule has 0 aliphatic carbocycles. The number of nitrogens with one attached hydrogen (secondary N) is 1. The summed E-state index contributed by atoms with van der Waals surface area (Å²) in [5.74, 6) is 0.959. The largest absolute Gasteiger partial charge is 0.388 e. The molecule has 0 radical (unpaired) electrons. The molecular formula is C14H23N3O. The monoisotopic (exact) mass is 249 g/mol. The number of aliphatic hydroxyl groups is 1. The third-order valence-corrected chi connectivity index (χ3v) is 3.56. The van der Waals surface area contributed by atoms with E-state index in [0.29, 0.717) is 12.6 Å². The number of aromatic nitrogens is 1. The van der Waals surface area contributed by atoms with Crippen LogP contribution < -0.4 is 10.2 Å². The quantitative estimate of drug-likeness (QED) is 0.853. The van der Waals surface area contributed by atoms with Crippen LogP contribution in [0.15, 0.2) is 18.3 Å². The van der Waals surface area contributed by atoms with E-state index in [2.05, 4.69) is 35.1 Å². The van der Waals surface area contributed by atoms with Gasteiger partial charge in [-0.15, -0.1) is 0 Å². The fourth-order valence-electron chi connectivity index (χ4n) is 2.41. The van der Waals surface area contributed by atoms with Crippen molar-refractivity contribution >= 4 is 5.82 Å². The molecule has 1 aromatic rings. The third-order valence-electron chi connectivity index (χ3n) is 3.56. The SMILES string of the molecule is CCNC(C)c1ccc(N2CCC(C)(O)C2)nc1. The highest BCUT2D eigenvalue weighted by Crippen LogP contribution is 2.25. The van der Waals surface area contributed by atoms with Gasteiger partial charge in [-0.1, -0.05) is 13.0 Å². The second-order valence-electron chi connectivity index (χ2n) is 5.40. The summed E-state index contributed by atoms with van der Waals surface area (Å²) < 4.78 is 0. The smallest absolute Gasteiger partial charge is 0.128 e. The van der Waals surface area contributed by atoms with Crippen molar-refractivity contribution in [3.63, 3.8) is 0 Å². The lowest BCUT2D eigenvalue weighted by Crippen LogP contribution is -2.30. The molecule has 1 saturated heterocycles. The zero-order chi connectivity index (χ0) is 13.2. The van der Waals surface area contributed by atoms with Crippen LogP contribution >= 0.6 is 0 Å². The van der Waals surface area contributed by atoms with Crippen LogP contribution in [0, 0.1) is 0 Å². The van der Waals surface area contributed by atoms with Crippen LogP contribution in [-0.2, 0) is 0 Å². The second-order valence-corrected chi connectivity index (χ2v) is 5.40. The van der Waals surface area contributed by atoms with E-state index < -0.39 is 5.60 Å². The Balaban J connectivity index is 2.04. The molecule has 2 atom stereocenters. The van der Waals surface area contributed by atoms with Gasteiger partial charge >= 0.3 is 0 Å². The van der Waals surface area contributed by atoms with Crippen LogP contribution in [0.2, 0.25) is 0 Å². The van der Waals surface area contributed by atoms with Gasteiger partial charge in [-0.3, -0.25) is 0 Å². The Kier molecular flexibility index (Phi) is 3.88. The molecule has 4 heteroatoms. The summed E-state index contributed by atoms with van der Waals surface area (Å²) in [5, 5.41) is 13.3. The fraction of sp³-hybridized carbons (Fsp3) is 0.643. The van der Waals surface area contributed by atoms with Gasteiger partial charge in [-0.25, -0.2) is 4.98 Å². The van der Waals surface area contributed by atoms with Gasteiger partial charge < -0.3 is 15.3 Å². The summed E-state index contributed by atoms with van der Waals surface area (Å²) in [5.41, 5.74) is 0.629. The number of β-amino-alcohol motifs (C(OH)–C–C–N with tert-alkyl or cyclic N) is 1. The van der Waals surface area contributed by atoms with Crippen LogP contribution in [-0.4, -0.2) is 35.3 Å². The van der Waals surface area contributed by atoms with Gasteiger partial charge in [0.2, 0.25) is 0 Å². The summed E-state index contributed by atoms with van der Waals surface area (Å²) in [4.78, 5) is 6.64. The maximum absolute atomic E-state index is 9.96. The Labute approximate surface area is 109 Å². The molecule has 100 valence electrons. The highest BCUT2D eigenvalue weighted by Gasteiger charge is 2.31. The summed E-state index contributed by atoms with van der Waals surface area (Å²) in [6, 6.07) is 4.49. The van der Waals surface area contributed by atoms with Crippen LogP contribution in [0.4, 0.5) is 5.82 Å². The predicted octanol–water partition coefficient (Wildman–Crippen LogP) is 1.71. The van der Waals surface area contributed by atoms with Gasteiger partial charge in [-0.05, 0) is 38.4 Å². The molecule has 1 fully saturated rings. The molecule has 2 rings (SSSR count). The van der Waals surface area contributed by atoms with E-state index >= 15 is 0 Å². The maximum Gasteiger partial charge on any atom is 0.128 e. The molecule has 1 aliphatic heterocycles. The molecule has 2 heterocycles. The highest BCUT2D eigenvalue weighted by molar-refractivity contribution is 5.41. The van der Waals surface area contributed by atoms with Gasteiger partial charge in [-0.2, -0.15) is 0 Å². The van der Waals surface area contributed by atoms with Gasteiger partial charge in [0.05, 0.1) is 5.60 Å². The highest BCUT2D eigenvalue weighted by atomic mass is 16.3. The van der Waals surface area contributed by atoms with E-state index in [-0.39, 0.29) is 0 Å². The lowest BCUT2D eigenvalue weighted by molar-refractivity contribution is 0.0839. The lowest BCUT2D eigenvalue weighted by atomic mass is 10.1. The average Bonchev–Trinajstić information content (AvgIpc) is 2.70. The molecule has 18 heavy (non-hydrogen) atoms. The Morgan fingerprint density at radius 2 is 2.33 bits per heavy atom. The normalized spacial score (nSPS) is 25.4. The van der Waals surface area contributed by atoms with E-state index in [1.165, 1.54) is 5.56 Å². The van der Waals surface area contributed by atoms with Crippen molar-refractivity contribution in [1.82, 2.24) is 10.3 Å². The van der Waals surface area contributed by atoms with Crippen LogP contribution in [0.25, 0.3) is 0 Å². The number of hydrogen-bond donors (Lipinski definition) is 2. The number of nitrogens with zero attached hydrogens (tertiary/aromatic N) is 2. The maximum atomic E-state index is 9.96. The van der Waals surface area contributed by atoms with E-state index in [1.54, 1.807) is 0 Å². The van der Waals surface area contributed by atoms with Gasteiger partial charge in [0.25, 0.3) is 0 Å². The second kappa shape index (κ2) is 5.24. The number of pyridine rings is 1. The van der Waals surface area contributed by atoms with Gasteiger partial charge in [0, 0.05) is 25.3 Å². The van der Waals surface area contributed by atoms with Crippen molar-refractivity contribution in [2.75, 3.05) is 24.5 Å². The van der Waals surface area contributed by atoms with Crippen molar-refractivity contribution < 1.29 is 5.11 Å². The molecular weight excluding hydrogens is 226 g/mol. The Morgan fingerprint density at radius 3 is 2.83 bits per heavy atom. The average molecular weight is 249 g/mol. The summed E-state index contributed by atoms with van der Waals surface area (Å²) >= 11 is 0. The van der Waals surface area contributed by atoms with E-state index in [9.17, 15) is 5.11 Å². The van der Waals surface area contributed by atoms with Gasteiger partial charge in [0.1, 0.15) is 5.82 Å². The van der Waals surface area contributed by atoms with Crippen molar-refractivity contribution in [3.8, 4) is 0 Å². The summed E-state index contributed by atoms with van der Waals surface area (Å²) in [6.07, 6.45) is 2.74. The number of anilines is 1. The summed E-state index contributed by atoms with van der Waals surface area (Å²) in [7, 11) is 0. The molecule has 1 aliphatic rings. The van der Waals surface area contributed by atoms with Crippen LogP contribution in [0.1, 0.15) is 38.8 Å². The predicted molar refractivity (Wildman–Crippen MR) is 73.8 cm³/mol. The molecule has 2 N–H and O–H groups in total. The minimum Gasteiger partial charge on any atom is -0.388 e. The van der Waals surface area contributed by atoms with E-state index in [4.69, 9.17) is 0 Å². The molecule has 4 nitrogen and oxygen atoms in total. The molecule has 0 bridgehead atoms. The Morgan fingerprint density at radius 1 is 1.56 bits per heavy atom. The topological polar surface area (TPSA) is 48.4 Å². The number of rotatable bonds is 4. The number of hydrogen-bond acceptors (Lipinski definition) is 4. The molecule has 0 spiro atoms. The first kappa shape index (κ1) is 13.3.